The van der Waals surface area contributed by atoms with E-state index in [2.05, 4.69) is 5.32 Å². The first kappa shape index (κ1) is 10.9. The summed E-state index contributed by atoms with van der Waals surface area (Å²) in [5.74, 6) is 0.728. The molecule has 1 atom stereocenters. The van der Waals surface area contributed by atoms with Gasteiger partial charge in [0.15, 0.2) is 11.6 Å². The van der Waals surface area contributed by atoms with Gasteiger partial charge >= 0.3 is 0 Å². The lowest BCUT2D eigenvalue weighted by atomic mass is 10.2. The highest BCUT2D eigenvalue weighted by molar-refractivity contribution is 7.99. The van der Waals surface area contributed by atoms with Gasteiger partial charge in [0.05, 0.1) is 0 Å². The van der Waals surface area contributed by atoms with E-state index < -0.39 is 11.6 Å². The molecule has 1 aliphatic heterocycles. The van der Waals surface area contributed by atoms with Gasteiger partial charge in [-0.1, -0.05) is 12.1 Å². The lowest BCUT2D eigenvalue weighted by Crippen LogP contribution is -2.28. The Bertz CT molecular complexity index is 337. The average molecular weight is 229 g/mol. The second-order valence-corrected chi connectivity index (χ2v) is 4.80. The van der Waals surface area contributed by atoms with Crippen molar-refractivity contribution in [3.05, 3.63) is 35.4 Å². The summed E-state index contributed by atoms with van der Waals surface area (Å²) in [6.07, 6.45) is 1.11. The van der Waals surface area contributed by atoms with Crippen LogP contribution in [0.3, 0.4) is 0 Å². The normalized spacial score (nSPS) is 20.8. The number of hydrogen-bond acceptors (Lipinski definition) is 2. The SMILES string of the molecule is Fc1cccc(CNC2CCSC2)c1F. The number of benzene rings is 1. The molecule has 1 aromatic carbocycles. The van der Waals surface area contributed by atoms with Crippen molar-refractivity contribution < 1.29 is 8.78 Å². The molecule has 15 heavy (non-hydrogen) atoms. The van der Waals surface area contributed by atoms with Crippen LogP contribution in [-0.4, -0.2) is 17.5 Å². The van der Waals surface area contributed by atoms with Gasteiger partial charge in [0.1, 0.15) is 0 Å². The topological polar surface area (TPSA) is 12.0 Å². The Morgan fingerprint density at radius 2 is 2.27 bits per heavy atom. The fraction of sp³-hybridized carbons (Fsp3) is 0.455. The first-order chi connectivity index (χ1) is 7.27. The van der Waals surface area contributed by atoms with E-state index in [9.17, 15) is 8.78 Å². The van der Waals surface area contributed by atoms with Gasteiger partial charge < -0.3 is 5.32 Å². The van der Waals surface area contributed by atoms with E-state index in [4.69, 9.17) is 0 Å². The van der Waals surface area contributed by atoms with E-state index >= 15 is 0 Å². The highest BCUT2D eigenvalue weighted by Gasteiger charge is 2.15. The molecule has 1 aliphatic rings. The maximum absolute atomic E-state index is 13.3. The molecule has 0 spiro atoms. The van der Waals surface area contributed by atoms with Crippen LogP contribution in [0.4, 0.5) is 8.78 Å². The van der Waals surface area contributed by atoms with Gasteiger partial charge in [-0.15, -0.1) is 0 Å². The van der Waals surface area contributed by atoms with Crippen LogP contribution in [0.25, 0.3) is 0 Å². The number of nitrogens with one attached hydrogen (secondary N) is 1. The van der Waals surface area contributed by atoms with Crippen LogP contribution >= 0.6 is 11.8 Å². The van der Waals surface area contributed by atoms with E-state index in [1.54, 1.807) is 12.1 Å². The fourth-order valence-corrected chi connectivity index (χ4v) is 2.82. The zero-order valence-electron chi connectivity index (χ0n) is 8.30. The summed E-state index contributed by atoms with van der Waals surface area (Å²) < 4.78 is 26.1. The number of rotatable bonds is 3. The van der Waals surface area contributed by atoms with E-state index in [1.165, 1.54) is 0 Å². The van der Waals surface area contributed by atoms with Gasteiger partial charge in [-0.25, -0.2) is 8.78 Å². The Labute approximate surface area is 92.3 Å². The number of thioether (sulfide) groups is 1. The Hall–Kier alpha value is -0.610. The van der Waals surface area contributed by atoms with Gasteiger partial charge in [-0.3, -0.25) is 0 Å². The zero-order chi connectivity index (χ0) is 10.7. The Morgan fingerprint density at radius 1 is 1.40 bits per heavy atom. The van der Waals surface area contributed by atoms with Gasteiger partial charge in [-0.2, -0.15) is 11.8 Å². The second-order valence-electron chi connectivity index (χ2n) is 3.65. The van der Waals surface area contributed by atoms with Crippen LogP contribution in [0.2, 0.25) is 0 Å². The number of hydrogen-bond donors (Lipinski definition) is 1. The van der Waals surface area contributed by atoms with E-state index in [-0.39, 0.29) is 0 Å². The summed E-state index contributed by atoms with van der Waals surface area (Å²) >= 11 is 1.89. The van der Waals surface area contributed by atoms with Gasteiger partial charge in [0, 0.05) is 23.9 Å². The zero-order valence-corrected chi connectivity index (χ0v) is 9.12. The molecule has 1 fully saturated rings. The Morgan fingerprint density at radius 3 is 3.00 bits per heavy atom. The molecule has 1 aromatic rings. The molecule has 1 N–H and O–H groups in total. The highest BCUT2D eigenvalue weighted by Crippen LogP contribution is 2.18. The first-order valence-electron chi connectivity index (χ1n) is 5.01. The Kier molecular flexibility index (Phi) is 3.59. The molecule has 4 heteroatoms. The molecule has 82 valence electrons. The van der Waals surface area contributed by atoms with Crippen LogP contribution in [0.1, 0.15) is 12.0 Å². The quantitative estimate of drug-likeness (QED) is 0.855. The van der Waals surface area contributed by atoms with Crippen molar-refractivity contribution in [3.63, 3.8) is 0 Å². The van der Waals surface area contributed by atoms with Crippen molar-refractivity contribution in [2.24, 2.45) is 0 Å². The van der Waals surface area contributed by atoms with Gasteiger partial charge in [0.25, 0.3) is 0 Å². The summed E-state index contributed by atoms with van der Waals surface area (Å²) in [6.45, 7) is 0.412. The minimum atomic E-state index is -0.768. The molecule has 2 rings (SSSR count). The second kappa shape index (κ2) is 4.94. The van der Waals surface area contributed by atoms with E-state index in [1.807, 2.05) is 11.8 Å². The highest BCUT2D eigenvalue weighted by atomic mass is 32.2. The molecular weight excluding hydrogens is 216 g/mol. The lowest BCUT2D eigenvalue weighted by Gasteiger charge is -2.11. The third kappa shape index (κ3) is 2.69. The van der Waals surface area contributed by atoms with Crippen LogP contribution in [0.5, 0.6) is 0 Å². The van der Waals surface area contributed by atoms with Crippen LogP contribution < -0.4 is 5.32 Å². The lowest BCUT2D eigenvalue weighted by molar-refractivity contribution is 0.483. The molecule has 0 aromatic heterocycles. The molecule has 0 bridgehead atoms. The van der Waals surface area contributed by atoms with Gasteiger partial charge in [-0.05, 0) is 18.2 Å². The Balaban J connectivity index is 1.95. The summed E-state index contributed by atoms with van der Waals surface area (Å²) in [6, 6.07) is 4.74. The average Bonchev–Trinajstić information content (AvgIpc) is 2.73. The van der Waals surface area contributed by atoms with Crippen molar-refractivity contribution >= 4 is 11.8 Å². The smallest absolute Gasteiger partial charge is 0.163 e. The van der Waals surface area contributed by atoms with Crippen molar-refractivity contribution in [2.45, 2.75) is 19.0 Å². The minimum Gasteiger partial charge on any atom is -0.309 e. The maximum atomic E-state index is 13.3. The maximum Gasteiger partial charge on any atom is 0.163 e. The molecule has 1 unspecified atom stereocenters. The summed E-state index contributed by atoms with van der Waals surface area (Å²) in [7, 11) is 0. The minimum absolute atomic E-state index is 0.409. The molecule has 0 amide bonds. The van der Waals surface area contributed by atoms with Crippen LogP contribution in [0.15, 0.2) is 18.2 Å². The molecule has 1 heterocycles. The number of halogens is 2. The molecule has 1 nitrogen and oxygen atoms in total. The largest absolute Gasteiger partial charge is 0.309 e. The van der Waals surface area contributed by atoms with Crippen molar-refractivity contribution in [1.29, 1.82) is 0 Å². The fourth-order valence-electron chi connectivity index (χ4n) is 1.63. The molecule has 0 aliphatic carbocycles. The molecule has 0 radical (unpaired) electrons. The molecule has 1 saturated heterocycles. The van der Waals surface area contributed by atoms with E-state index in [0.29, 0.717) is 18.2 Å². The molecule has 0 saturated carbocycles. The first-order valence-corrected chi connectivity index (χ1v) is 6.17. The third-order valence-corrected chi connectivity index (χ3v) is 3.70. The van der Waals surface area contributed by atoms with Crippen LogP contribution in [0, 0.1) is 11.6 Å². The summed E-state index contributed by atoms with van der Waals surface area (Å²) in [5, 5.41) is 3.24. The van der Waals surface area contributed by atoms with Crippen molar-refractivity contribution in [3.8, 4) is 0 Å². The predicted molar refractivity (Wildman–Crippen MR) is 58.9 cm³/mol. The van der Waals surface area contributed by atoms with Crippen LogP contribution in [-0.2, 0) is 6.54 Å². The third-order valence-electron chi connectivity index (χ3n) is 2.54. The predicted octanol–water partition coefficient (Wildman–Crippen LogP) is 2.56. The summed E-state index contributed by atoms with van der Waals surface area (Å²) in [5.41, 5.74) is 0.409. The molecular formula is C11H13F2NS. The standard InChI is InChI=1S/C11H13F2NS/c12-10-3-1-2-8(11(10)13)6-14-9-4-5-15-7-9/h1-3,9,14H,4-7H2. The monoisotopic (exact) mass is 229 g/mol. The summed E-state index contributed by atoms with van der Waals surface area (Å²) in [4.78, 5) is 0. The van der Waals surface area contributed by atoms with Crippen molar-refractivity contribution in [1.82, 2.24) is 5.32 Å². The van der Waals surface area contributed by atoms with E-state index in [0.717, 1.165) is 24.0 Å². The van der Waals surface area contributed by atoms with Gasteiger partial charge in [0.2, 0.25) is 0 Å². The van der Waals surface area contributed by atoms with Crippen molar-refractivity contribution in [2.75, 3.05) is 11.5 Å².